The number of amides is 1. The summed E-state index contributed by atoms with van der Waals surface area (Å²) in [6.07, 6.45) is -4.67. The number of nitrogens with two attached hydrogens (primary N) is 1. The van der Waals surface area contributed by atoms with E-state index in [1.807, 2.05) is 0 Å². The Morgan fingerprint density at radius 2 is 2.09 bits per heavy atom. The number of alkyl halides is 3. The van der Waals surface area contributed by atoms with Gasteiger partial charge in [-0.1, -0.05) is 11.6 Å². The van der Waals surface area contributed by atoms with E-state index in [2.05, 4.69) is 10.4 Å². The fraction of sp³-hybridized carbons (Fsp3) is 0.286. The second-order valence-corrected chi connectivity index (χ2v) is 5.30. The number of carbonyl (C=O) groups is 1. The third-order valence-corrected chi connectivity index (χ3v) is 3.61. The molecule has 2 rings (SSSR count). The largest absolute Gasteiger partial charge is 0.420 e. The topological polar surface area (TPSA) is 72.9 Å². The van der Waals surface area contributed by atoms with Crippen LogP contribution in [0.2, 0.25) is 5.02 Å². The molecule has 2 aromatic rings. The van der Waals surface area contributed by atoms with Gasteiger partial charge in [0.05, 0.1) is 5.69 Å². The summed E-state index contributed by atoms with van der Waals surface area (Å²) in [6, 6.07) is 4.51. The summed E-state index contributed by atoms with van der Waals surface area (Å²) in [5, 5.41) is 6.51. The van der Waals surface area contributed by atoms with Gasteiger partial charge in [0.25, 0.3) is 5.91 Å². The van der Waals surface area contributed by atoms with Gasteiger partial charge in [-0.05, 0) is 30.7 Å². The molecule has 0 saturated heterocycles. The number of benzene rings is 1. The Balaban J connectivity index is 2.39. The molecule has 1 aromatic carbocycles. The molecule has 3 N–H and O–H groups in total. The highest BCUT2D eigenvalue weighted by molar-refractivity contribution is 6.31. The quantitative estimate of drug-likeness (QED) is 0.897. The van der Waals surface area contributed by atoms with Crippen molar-refractivity contribution in [2.24, 2.45) is 12.8 Å². The van der Waals surface area contributed by atoms with Gasteiger partial charge in [-0.3, -0.25) is 9.48 Å². The highest BCUT2D eigenvalue weighted by Crippen LogP contribution is 2.34. The number of rotatable bonds is 3. The Morgan fingerprint density at radius 3 is 2.65 bits per heavy atom. The summed E-state index contributed by atoms with van der Waals surface area (Å²) in [5.74, 6) is -0.911. The van der Waals surface area contributed by atoms with Gasteiger partial charge in [-0.15, -0.1) is 0 Å². The van der Waals surface area contributed by atoms with E-state index >= 15 is 0 Å². The van der Waals surface area contributed by atoms with Crippen LogP contribution in [0.1, 0.15) is 27.3 Å². The maximum absolute atomic E-state index is 13.1. The van der Waals surface area contributed by atoms with Crippen LogP contribution in [0.4, 0.5) is 18.9 Å². The second-order valence-electron chi connectivity index (χ2n) is 4.89. The lowest BCUT2D eigenvalue weighted by molar-refractivity contribution is -0.138. The molecule has 0 aliphatic carbocycles. The van der Waals surface area contributed by atoms with Crippen molar-refractivity contribution in [2.75, 3.05) is 5.32 Å². The third-order valence-electron chi connectivity index (χ3n) is 3.24. The molecule has 0 radical (unpaired) electrons. The SMILES string of the molecule is Cc1nn(C)c(C(=O)Nc2ccc(Cl)c(CN)c2)c1C(F)(F)F. The lowest BCUT2D eigenvalue weighted by Gasteiger charge is -2.11. The molecule has 0 spiro atoms. The Kier molecular flexibility index (Phi) is 4.67. The van der Waals surface area contributed by atoms with Gasteiger partial charge in [0.2, 0.25) is 0 Å². The molecule has 23 heavy (non-hydrogen) atoms. The molecule has 1 aromatic heterocycles. The number of aryl methyl sites for hydroxylation is 2. The van der Waals surface area contributed by atoms with Crippen molar-refractivity contribution in [3.05, 3.63) is 45.7 Å². The summed E-state index contributed by atoms with van der Waals surface area (Å²) >= 11 is 5.91. The lowest BCUT2D eigenvalue weighted by atomic mass is 10.1. The fourth-order valence-corrected chi connectivity index (χ4v) is 2.45. The Labute approximate surface area is 135 Å². The maximum atomic E-state index is 13.1. The van der Waals surface area contributed by atoms with Gasteiger partial charge in [-0.2, -0.15) is 18.3 Å². The number of anilines is 1. The van der Waals surface area contributed by atoms with Crippen LogP contribution in [0.5, 0.6) is 0 Å². The van der Waals surface area contributed by atoms with Gasteiger partial charge < -0.3 is 11.1 Å². The van der Waals surface area contributed by atoms with Crippen molar-refractivity contribution in [1.29, 1.82) is 0 Å². The molecule has 0 atom stereocenters. The average molecular weight is 347 g/mol. The van der Waals surface area contributed by atoms with E-state index in [0.717, 1.165) is 4.68 Å². The first-order chi connectivity index (χ1) is 10.6. The third kappa shape index (κ3) is 3.48. The zero-order chi connectivity index (χ0) is 17.4. The maximum Gasteiger partial charge on any atom is 0.420 e. The zero-order valence-electron chi connectivity index (χ0n) is 12.3. The van der Waals surface area contributed by atoms with Gasteiger partial charge in [0.15, 0.2) is 0 Å². The Hall–Kier alpha value is -2.06. The Morgan fingerprint density at radius 1 is 1.43 bits per heavy atom. The summed E-state index contributed by atoms with van der Waals surface area (Å²) < 4.78 is 40.3. The fourth-order valence-electron chi connectivity index (χ4n) is 2.26. The van der Waals surface area contributed by atoms with Crippen LogP contribution >= 0.6 is 11.6 Å². The van der Waals surface area contributed by atoms with E-state index in [4.69, 9.17) is 17.3 Å². The number of nitrogens with one attached hydrogen (secondary N) is 1. The highest BCUT2D eigenvalue weighted by Gasteiger charge is 2.40. The number of nitrogens with zero attached hydrogens (tertiary/aromatic N) is 2. The average Bonchev–Trinajstić information content (AvgIpc) is 2.75. The van der Waals surface area contributed by atoms with Gasteiger partial charge in [0, 0.05) is 24.3 Å². The van der Waals surface area contributed by atoms with Crippen LogP contribution in [0, 0.1) is 6.92 Å². The predicted octanol–water partition coefficient (Wildman–Crippen LogP) is 3.11. The lowest BCUT2D eigenvalue weighted by Crippen LogP contribution is -2.21. The van der Waals surface area contributed by atoms with Crippen LogP contribution in [-0.2, 0) is 19.8 Å². The minimum atomic E-state index is -4.67. The van der Waals surface area contributed by atoms with Crippen LogP contribution in [0.15, 0.2) is 18.2 Å². The molecule has 0 aliphatic rings. The van der Waals surface area contributed by atoms with Crippen molar-refractivity contribution in [2.45, 2.75) is 19.6 Å². The van der Waals surface area contributed by atoms with Crippen LogP contribution in [0.3, 0.4) is 0 Å². The van der Waals surface area contributed by atoms with E-state index < -0.39 is 23.3 Å². The standard InChI is InChI=1S/C14H14ClF3N4O/c1-7-11(14(16,17)18)12(22(2)21-7)13(23)20-9-3-4-10(15)8(5-9)6-19/h3-5H,6,19H2,1-2H3,(H,20,23). The number of aromatic nitrogens is 2. The van der Waals surface area contributed by atoms with Gasteiger partial charge in [0.1, 0.15) is 11.3 Å². The molecule has 1 amide bonds. The van der Waals surface area contributed by atoms with Crippen LogP contribution in [-0.4, -0.2) is 15.7 Å². The normalized spacial score (nSPS) is 11.6. The molecular formula is C14H14ClF3N4O. The number of hydrogen-bond acceptors (Lipinski definition) is 3. The molecule has 124 valence electrons. The van der Waals surface area contributed by atoms with Crippen LogP contribution < -0.4 is 11.1 Å². The van der Waals surface area contributed by atoms with E-state index in [1.54, 1.807) is 0 Å². The van der Waals surface area contributed by atoms with Gasteiger partial charge in [-0.25, -0.2) is 0 Å². The van der Waals surface area contributed by atoms with E-state index in [-0.39, 0.29) is 12.2 Å². The van der Waals surface area contributed by atoms with Crippen molar-refractivity contribution >= 4 is 23.2 Å². The molecular weight excluding hydrogens is 333 g/mol. The number of halogens is 4. The second kappa shape index (κ2) is 6.21. The van der Waals surface area contributed by atoms with E-state index in [9.17, 15) is 18.0 Å². The van der Waals surface area contributed by atoms with Crippen LogP contribution in [0.25, 0.3) is 0 Å². The minimum Gasteiger partial charge on any atom is -0.326 e. The monoisotopic (exact) mass is 346 g/mol. The molecule has 0 unspecified atom stereocenters. The number of carbonyl (C=O) groups excluding carboxylic acids is 1. The zero-order valence-corrected chi connectivity index (χ0v) is 13.1. The van der Waals surface area contributed by atoms with Crippen molar-refractivity contribution in [3.8, 4) is 0 Å². The number of hydrogen-bond donors (Lipinski definition) is 2. The van der Waals surface area contributed by atoms with E-state index in [0.29, 0.717) is 16.3 Å². The summed E-state index contributed by atoms with van der Waals surface area (Å²) in [5.41, 5.74) is 4.51. The molecule has 0 fully saturated rings. The first-order valence-corrected chi connectivity index (χ1v) is 6.93. The van der Waals surface area contributed by atoms with Crippen molar-refractivity contribution in [3.63, 3.8) is 0 Å². The predicted molar refractivity (Wildman–Crippen MR) is 80.2 cm³/mol. The summed E-state index contributed by atoms with van der Waals surface area (Å²) in [7, 11) is 1.28. The van der Waals surface area contributed by atoms with Gasteiger partial charge >= 0.3 is 6.18 Å². The highest BCUT2D eigenvalue weighted by atomic mass is 35.5. The van der Waals surface area contributed by atoms with Crippen molar-refractivity contribution in [1.82, 2.24) is 9.78 Å². The minimum absolute atomic E-state index is 0.140. The summed E-state index contributed by atoms with van der Waals surface area (Å²) in [4.78, 5) is 12.3. The molecule has 1 heterocycles. The Bertz CT molecular complexity index is 755. The van der Waals surface area contributed by atoms with Crippen molar-refractivity contribution < 1.29 is 18.0 Å². The summed E-state index contributed by atoms with van der Waals surface area (Å²) in [6.45, 7) is 1.34. The molecule has 0 saturated carbocycles. The first-order valence-electron chi connectivity index (χ1n) is 6.55. The molecule has 0 aliphatic heterocycles. The first kappa shape index (κ1) is 17.3. The molecule has 0 bridgehead atoms. The molecule has 9 heteroatoms. The smallest absolute Gasteiger partial charge is 0.326 e. The van der Waals surface area contributed by atoms with E-state index in [1.165, 1.54) is 32.2 Å². The molecule has 5 nitrogen and oxygen atoms in total.